The van der Waals surface area contributed by atoms with Gasteiger partial charge in [0, 0.05) is 0 Å². The van der Waals surface area contributed by atoms with Crippen LogP contribution in [0.5, 0.6) is 11.5 Å². The molecule has 4 rings (SSSR count). The topological polar surface area (TPSA) is 75.7 Å². The maximum absolute atomic E-state index is 12.0. The first-order valence-electron chi connectivity index (χ1n) is 12.0. The van der Waals surface area contributed by atoms with Gasteiger partial charge in [0.2, 0.25) is 0 Å². The molecular formula is C26H34NaO5PS. The molecule has 5 nitrogen and oxygen atoms in total. The molecule has 180 valence electrons. The first kappa shape index (κ1) is 28.0. The summed E-state index contributed by atoms with van der Waals surface area (Å²) in [4.78, 5) is -0.338. The summed E-state index contributed by atoms with van der Waals surface area (Å²) in [6.07, 6.45) is 12.8. The second-order valence-electron chi connectivity index (χ2n) is 9.14. The largest absolute Gasteiger partial charge is 1.00 e. The van der Waals surface area contributed by atoms with Gasteiger partial charge >= 0.3 is 29.6 Å². The molecule has 0 aliphatic heterocycles. The Bertz CT molecular complexity index is 1040. The van der Waals surface area contributed by atoms with Gasteiger partial charge in [-0.05, 0) is 60.0 Å². The molecule has 0 unspecified atom stereocenters. The van der Waals surface area contributed by atoms with E-state index in [1.807, 2.05) is 12.1 Å². The fourth-order valence-corrected chi connectivity index (χ4v) is 10.3. The van der Waals surface area contributed by atoms with Gasteiger partial charge in [0.05, 0.1) is 24.7 Å². The van der Waals surface area contributed by atoms with E-state index < -0.39 is 18.0 Å². The van der Waals surface area contributed by atoms with Crippen molar-refractivity contribution in [3.05, 3.63) is 36.4 Å². The number of hydrogen-bond donors (Lipinski definition) is 0. The summed E-state index contributed by atoms with van der Waals surface area (Å²) in [5, 5.41) is 1.29. The van der Waals surface area contributed by atoms with Crippen molar-refractivity contribution in [1.29, 1.82) is 0 Å². The summed E-state index contributed by atoms with van der Waals surface area (Å²) in [6.45, 7) is 0. The van der Waals surface area contributed by atoms with E-state index in [4.69, 9.17) is 9.47 Å². The van der Waals surface area contributed by atoms with Crippen LogP contribution in [-0.2, 0) is 10.1 Å². The third kappa shape index (κ3) is 6.02. The molecule has 0 radical (unpaired) electrons. The van der Waals surface area contributed by atoms with Crippen LogP contribution in [0.25, 0.3) is 11.1 Å². The molecule has 0 amide bonds. The van der Waals surface area contributed by atoms with Gasteiger partial charge in [0.25, 0.3) is 0 Å². The number of ether oxygens (including phenoxy) is 2. The van der Waals surface area contributed by atoms with Crippen molar-refractivity contribution < 1.29 is 52.0 Å². The van der Waals surface area contributed by atoms with Gasteiger partial charge in [-0.15, -0.1) is 0 Å². The van der Waals surface area contributed by atoms with Crippen molar-refractivity contribution >= 4 is 23.3 Å². The average Bonchev–Trinajstić information content (AvgIpc) is 2.84. The summed E-state index contributed by atoms with van der Waals surface area (Å²) < 4.78 is 47.4. The molecule has 34 heavy (non-hydrogen) atoms. The summed E-state index contributed by atoms with van der Waals surface area (Å²) in [6, 6.07) is 11.2. The predicted octanol–water partition coefficient (Wildman–Crippen LogP) is 3.05. The zero-order valence-corrected chi connectivity index (χ0v) is 24.3. The zero-order chi connectivity index (χ0) is 23.4. The van der Waals surface area contributed by atoms with Crippen molar-refractivity contribution in [2.24, 2.45) is 0 Å². The number of methoxy groups -OCH3 is 2. The number of rotatable bonds is 7. The van der Waals surface area contributed by atoms with Crippen LogP contribution in [0.15, 0.2) is 41.3 Å². The van der Waals surface area contributed by atoms with Crippen molar-refractivity contribution in [1.82, 2.24) is 0 Å². The minimum Gasteiger partial charge on any atom is -0.744 e. The minimum atomic E-state index is -4.70. The Labute approximate surface area is 227 Å². The molecule has 2 aromatic carbocycles. The molecule has 0 aromatic heterocycles. The number of hydrogen-bond acceptors (Lipinski definition) is 5. The maximum atomic E-state index is 12.0. The number of benzene rings is 2. The van der Waals surface area contributed by atoms with Crippen LogP contribution in [0, 0.1) is 0 Å². The molecule has 0 N–H and O–H groups in total. The molecular weight excluding hydrogens is 478 g/mol. The second kappa shape index (κ2) is 12.6. The van der Waals surface area contributed by atoms with Crippen LogP contribution in [0.3, 0.4) is 0 Å². The predicted molar refractivity (Wildman–Crippen MR) is 133 cm³/mol. The first-order chi connectivity index (χ1) is 16.0. The summed E-state index contributed by atoms with van der Waals surface area (Å²) in [5.41, 5.74) is 2.88. The minimum absolute atomic E-state index is 0. The summed E-state index contributed by atoms with van der Waals surface area (Å²) in [5.74, 6) is 0.605. The van der Waals surface area contributed by atoms with Gasteiger partial charge < -0.3 is 14.0 Å². The van der Waals surface area contributed by atoms with Gasteiger partial charge in [-0.25, -0.2) is 8.42 Å². The zero-order valence-electron chi connectivity index (χ0n) is 20.6. The first-order valence-corrected chi connectivity index (χ1v) is 14.9. The van der Waals surface area contributed by atoms with E-state index in [1.54, 1.807) is 13.2 Å². The van der Waals surface area contributed by atoms with Gasteiger partial charge in [-0.2, -0.15) is 0 Å². The Kier molecular flexibility index (Phi) is 10.3. The van der Waals surface area contributed by atoms with E-state index in [-0.39, 0.29) is 40.2 Å². The van der Waals surface area contributed by atoms with E-state index in [0.717, 1.165) is 5.56 Å². The maximum Gasteiger partial charge on any atom is 1.00 e. The molecule has 0 bridgehead atoms. The third-order valence-corrected chi connectivity index (χ3v) is 11.6. The summed E-state index contributed by atoms with van der Waals surface area (Å²) >= 11 is 0. The second-order valence-corrected chi connectivity index (χ2v) is 13.2. The van der Waals surface area contributed by atoms with E-state index in [0.29, 0.717) is 22.6 Å². The van der Waals surface area contributed by atoms with Crippen LogP contribution < -0.4 is 44.3 Å². The molecule has 0 heterocycles. The van der Waals surface area contributed by atoms with Crippen LogP contribution in [-0.4, -0.2) is 38.5 Å². The van der Waals surface area contributed by atoms with Gasteiger partial charge in [0.15, 0.2) is 0 Å². The Morgan fingerprint density at radius 1 is 0.824 bits per heavy atom. The monoisotopic (exact) mass is 512 g/mol. The molecule has 2 saturated carbocycles. The molecule has 2 aliphatic rings. The third-order valence-electron chi connectivity index (χ3n) is 7.16. The SMILES string of the molecule is COc1ccc(S(=O)(=O)[O-])c(OC)c1-c1ccccc1P(C1CCCCC1)C1CCCCC1.[Na+]. The Morgan fingerprint density at radius 3 is 1.88 bits per heavy atom. The van der Waals surface area contributed by atoms with Gasteiger partial charge in [-0.1, -0.05) is 70.7 Å². The van der Waals surface area contributed by atoms with Crippen molar-refractivity contribution in [2.45, 2.75) is 80.4 Å². The van der Waals surface area contributed by atoms with Crippen LogP contribution >= 0.6 is 7.92 Å². The van der Waals surface area contributed by atoms with Crippen LogP contribution in [0.2, 0.25) is 0 Å². The fourth-order valence-electron chi connectivity index (χ4n) is 5.69. The fraction of sp³-hybridized carbons (Fsp3) is 0.538. The summed E-state index contributed by atoms with van der Waals surface area (Å²) in [7, 11) is -2.16. The van der Waals surface area contributed by atoms with Gasteiger partial charge in [-0.3, -0.25) is 0 Å². The van der Waals surface area contributed by atoms with Crippen molar-refractivity contribution in [3.63, 3.8) is 0 Å². The van der Waals surface area contributed by atoms with Crippen molar-refractivity contribution in [2.75, 3.05) is 14.2 Å². The Balaban J connectivity index is 0.00000324. The van der Waals surface area contributed by atoms with Crippen molar-refractivity contribution in [3.8, 4) is 22.6 Å². The van der Waals surface area contributed by atoms with Gasteiger partial charge in [0.1, 0.15) is 21.6 Å². The molecule has 0 spiro atoms. The standard InChI is InChI=1S/C26H35O5PS.Na/c1-30-22-17-18-24(33(27,28)29)26(31-2)25(22)21-15-9-10-16-23(21)32(19-11-5-3-6-12-19)20-13-7-4-8-14-20;/h9-10,15-20H,3-8,11-14H2,1-2H3,(H,27,28,29);/q;+1/p-1. The molecule has 0 atom stereocenters. The molecule has 2 aliphatic carbocycles. The molecule has 8 heteroatoms. The van der Waals surface area contributed by atoms with Crippen LogP contribution in [0.1, 0.15) is 64.2 Å². The quantitative estimate of drug-likeness (QED) is 0.324. The molecule has 2 fully saturated rings. The Hall–Kier alpha value is -0.620. The van der Waals surface area contributed by atoms with E-state index in [9.17, 15) is 13.0 Å². The normalized spacial score (nSPS) is 17.9. The molecule has 0 saturated heterocycles. The smallest absolute Gasteiger partial charge is 0.744 e. The average molecular weight is 513 g/mol. The molecule has 2 aromatic rings. The van der Waals surface area contributed by atoms with E-state index in [1.165, 1.54) is 82.7 Å². The Morgan fingerprint density at radius 2 is 1.38 bits per heavy atom. The van der Waals surface area contributed by atoms with E-state index >= 15 is 0 Å². The van der Waals surface area contributed by atoms with E-state index in [2.05, 4.69) is 12.1 Å². The van der Waals surface area contributed by atoms with Crippen LogP contribution in [0.4, 0.5) is 0 Å².